The van der Waals surface area contributed by atoms with Crippen LogP contribution in [-0.4, -0.2) is 5.91 Å². The normalized spacial score (nSPS) is 9.92. The van der Waals surface area contributed by atoms with E-state index < -0.39 is 5.91 Å². The van der Waals surface area contributed by atoms with Gasteiger partial charge in [0.2, 0.25) is 5.91 Å². The maximum absolute atomic E-state index is 10.8. The highest BCUT2D eigenvalue weighted by Crippen LogP contribution is 2.27. The Morgan fingerprint density at radius 3 is 2.42 bits per heavy atom. The Morgan fingerprint density at radius 2 is 2.00 bits per heavy atom. The van der Waals surface area contributed by atoms with E-state index in [2.05, 4.69) is 31.9 Å². The molecule has 0 unspecified atom stereocenters. The Morgan fingerprint density at radius 1 is 1.42 bits per heavy atom. The number of hydrogen-bond donors (Lipinski definition) is 1. The first-order valence-electron chi connectivity index (χ1n) is 3.28. The van der Waals surface area contributed by atoms with Gasteiger partial charge >= 0.3 is 0 Å². The Bertz CT molecular complexity index is 313. The number of rotatable bonds is 1. The van der Waals surface area contributed by atoms with Crippen molar-refractivity contribution in [1.82, 2.24) is 0 Å². The molecule has 1 aromatic carbocycles. The maximum Gasteiger partial charge on any atom is 0.248 e. The molecule has 0 aliphatic carbocycles. The molecule has 0 radical (unpaired) electrons. The van der Waals surface area contributed by atoms with Gasteiger partial charge in [0.15, 0.2) is 0 Å². The minimum atomic E-state index is -0.411. The van der Waals surface area contributed by atoms with Gasteiger partial charge in [-0.15, -0.1) is 0 Å². The molecule has 0 aliphatic heterocycles. The van der Waals surface area contributed by atoms with Gasteiger partial charge in [0.25, 0.3) is 0 Å². The highest BCUT2D eigenvalue weighted by molar-refractivity contribution is 9.13. The lowest BCUT2D eigenvalue weighted by Crippen LogP contribution is -2.11. The van der Waals surface area contributed by atoms with Crippen molar-refractivity contribution in [3.05, 3.63) is 32.2 Å². The van der Waals surface area contributed by atoms with E-state index in [1.807, 2.05) is 6.92 Å². The average Bonchev–Trinajstić information content (AvgIpc) is 1.99. The van der Waals surface area contributed by atoms with Crippen LogP contribution in [0.5, 0.6) is 0 Å². The molecule has 1 rings (SSSR count). The van der Waals surface area contributed by atoms with Crippen LogP contribution in [0.4, 0.5) is 0 Å². The largest absolute Gasteiger partial charge is 0.366 e. The third-order valence-electron chi connectivity index (χ3n) is 1.49. The minimum Gasteiger partial charge on any atom is -0.366 e. The molecule has 0 fully saturated rings. The van der Waals surface area contributed by atoms with Crippen LogP contribution in [0.2, 0.25) is 0 Å². The lowest BCUT2D eigenvalue weighted by atomic mass is 10.1. The first-order chi connectivity index (χ1) is 5.52. The zero-order valence-corrected chi connectivity index (χ0v) is 9.57. The summed E-state index contributed by atoms with van der Waals surface area (Å²) in [5.41, 5.74) is 6.63. The standard InChI is InChI=1S/C8H7Br2NO/c1-4-2-5(8(11)12)3-6(9)7(4)10/h2-3H,1H3,(H2,11,12). The van der Waals surface area contributed by atoms with Crippen LogP contribution in [0.3, 0.4) is 0 Å². The fourth-order valence-electron chi connectivity index (χ4n) is 0.869. The maximum atomic E-state index is 10.8. The van der Waals surface area contributed by atoms with E-state index >= 15 is 0 Å². The summed E-state index contributed by atoms with van der Waals surface area (Å²) < 4.78 is 1.80. The molecule has 0 saturated carbocycles. The summed E-state index contributed by atoms with van der Waals surface area (Å²) in [4.78, 5) is 10.8. The summed E-state index contributed by atoms with van der Waals surface area (Å²) in [5.74, 6) is -0.411. The van der Waals surface area contributed by atoms with Gasteiger partial charge in [0.1, 0.15) is 0 Å². The second-order valence-electron chi connectivity index (χ2n) is 2.45. The van der Waals surface area contributed by atoms with Crippen molar-refractivity contribution in [3.8, 4) is 0 Å². The SMILES string of the molecule is Cc1cc(C(N)=O)cc(Br)c1Br. The Labute approximate surface area is 87.4 Å². The second-order valence-corrected chi connectivity index (χ2v) is 4.10. The number of carbonyl (C=O) groups excluding carboxylic acids is 1. The average molecular weight is 293 g/mol. The molecule has 0 saturated heterocycles. The quantitative estimate of drug-likeness (QED) is 0.849. The first-order valence-corrected chi connectivity index (χ1v) is 4.86. The van der Waals surface area contributed by atoms with Crippen LogP contribution >= 0.6 is 31.9 Å². The van der Waals surface area contributed by atoms with Crippen LogP contribution in [0.25, 0.3) is 0 Å². The number of primary amides is 1. The topological polar surface area (TPSA) is 43.1 Å². The van der Waals surface area contributed by atoms with Crippen molar-refractivity contribution in [2.75, 3.05) is 0 Å². The number of hydrogen-bond acceptors (Lipinski definition) is 1. The van der Waals surface area contributed by atoms with Crippen LogP contribution in [-0.2, 0) is 0 Å². The third-order valence-corrected chi connectivity index (χ3v) is 3.70. The van der Waals surface area contributed by atoms with E-state index in [1.54, 1.807) is 12.1 Å². The van der Waals surface area contributed by atoms with Crippen LogP contribution in [0.15, 0.2) is 21.1 Å². The molecule has 0 heterocycles. The lowest BCUT2D eigenvalue weighted by Gasteiger charge is -2.03. The Balaban J connectivity index is 3.31. The van der Waals surface area contributed by atoms with Gasteiger partial charge in [-0.1, -0.05) is 0 Å². The van der Waals surface area contributed by atoms with E-state index in [0.717, 1.165) is 14.5 Å². The van der Waals surface area contributed by atoms with Crippen molar-refractivity contribution >= 4 is 37.8 Å². The van der Waals surface area contributed by atoms with Crippen molar-refractivity contribution in [2.24, 2.45) is 5.73 Å². The molecule has 0 spiro atoms. The van der Waals surface area contributed by atoms with Crippen LogP contribution in [0, 0.1) is 6.92 Å². The van der Waals surface area contributed by atoms with Crippen LogP contribution < -0.4 is 5.73 Å². The van der Waals surface area contributed by atoms with Gasteiger partial charge < -0.3 is 5.73 Å². The number of halogens is 2. The van der Waals surface area contributed by atoms with Gasteiger partial charge in [-0.25, -0.2) is 0 Å². The molecule has 0 aliphatic rings. The Kier molecular flexibility index (Phi) is 2.90. The van der Waals surface area contributed by atoms with Crippen LogP contribution in [0.1, 0.15) is 15.9 Å². The zero-order valence-electron chi connectivity index (χ0n) is 6.40. The number of amides is 1. The summed E-state index contributed by atoms with van der Waals surface area (Å²) in [6.45, 7) is 1.90. The van der Waals surface area contributed by atoms with Gasteiger partial charge in [-0.05, 0) is 56.5 Å². The molecule has 4 heteroatoms. The molecule has 1 amide bonds. The summed E-state index contributed by atoms with van der Waals surface area (Å²) in [6.07, 6.45) is 0. The molecule has 12 heavy (non-hydrogen) atoms. The predicted octanol–water partition coefficient (Wildman–Crippen LogP) is 2.62. The van der Waals surface area contributed by atoms with Crippen molar-refractivity contribution in [1.29, 1.82) is 0 Å². The molecular formula is C8H7Br2NO. The summed E-state index contributed by atoms with van der Waals surface area (Å²) in [5, 5.41) is 0. The number of nitrogens with two attached hydrogens (primary N) is 1. The molecule has 2 N–H and O–H groups in total. The number of carbonyl (C=O) groups is 1. The van der Waals surface area contributed by atoms with E-state index in [4.69, 9.17) is 5.73 Å². The monoisotopic (exact) mass is 291 g/mol. The van der Waals surface area contributed by atoms with Crippen molar-refractivity contribution in [3.63, 3.8) is 0 Å². The van der Waals surface area contributed by atoms with Gasteiger partial charge in [-0.3, -0.25) is 4.79 Å². The van der Waals surface area contributed by atoms with Gasteiger partial charge in [0, 0.05) is 14.5 Å². The molecule has 0 aromatic heterocycles. The molecule has 1 aromatic rings. The van der Waals surface area contributed by atoms with Crippen molar-refractivity contribution in [2.45, 2.75) is 6.92 Å². The molecule has 0 bridgehead atoms. The fourth-order valence-corrected chi connectivity index (χ4v) is 1.66. The minimum absolute atomic E-state index is 0.411. The van der Waals surface area contributed by atoms with Gasteiger partial charge in [-0.2, -0.15) is 0 Å². The first kappa shape index (κ1) is 9.74. The smallest absolute Gasteiger partial charge is 0.248 e. The van der Waals surface area contributed by atoms with E-state index in [1.165, 1.54) is 0 Å². The summed E-state index contributed by atoms with van der Waals surface area (Å²) in [7, 11) is 0. The van der Waals surface area contributed by atoms with Gasteiger partial charge in [0.05, 0.1) is 0 Å². The van der Waals surface area contributed by atoms with E-state index in [9.17, 15) is 4.79 Å². The lowest BCUT2D eigenvalue weighted by molar-refractivity contribution is 0.1000. The van der Waals surface area contributed by atoms with E-state index in [0.29, 0.717) is 5.56 Å². The molecule has 64 valence electrons. The number of benzene rings is 1. The molecule has 0 atom stereocenters. The molecular weight excluding hydrogens is 286 g/mol. The van der Waals surface area contributed by atoms with E-state index in [-0.39, 0.29) is 0 Å². The fraction of sp³-hybridized carbons (Fsp3) is 0.125. The highest BCUT2D eigenvalue weighted by atomic mass is 79.9. The third kappa shape index (κ3) is 1.87. The molecule has 2 nitrogen and oxygen atoms in total. The summed E-state index contributed by atoms with van der Waals surface area (Å²) in [6, 6.07) is 3.44. The zero-order chi connectivity index (χ0) is 9.30. The Hall–Kier alpha value is -0.350. The van der Waals surface area contributed by atoms with Crippen molar-refractivity contribution < 1.29 is 4.79 Å². The summed E-state index contributed by atoms with van der Waals surface area (Å²) >= 11 is 6.67. The number of aryl methyl sites for hydroxylation is 1. The second kappa shape index (κ2) is 3.58. The highest BCUT2D eigenvalue weighted by Gasteiger charge is 2.06. The predicted molar refractivity (Wildman–Crippen MR) is 55.1 cm³/mol.